The summed E-state index contributed by atoms with van der Waals surface area (Å²) >= 11 is 0. The molecule has 0 radical (unpaired) electrons. The highest BCUT2D eigenvalue weighted by Gasteiger charge is 2.05. The molecule has 6 nitrogen and oxygen atoms in total. The maximum atomic E-state index is 5.44. The zero-order chi connectivity index (χ0) is 11.7. The minimum atomic E-state index is 0.288. The summed E-state index contributed by atoms with van der Waals surface area (Å²) in [4.78, 5) is 19.2. The maximum absolute atomic E-state index is 5.44. The van der Waals surface area contributed by atoms with Crippen molar-refractivity contribution in [2.24, 2.45) is 0 Å². The van der Waals surface area contributed by atoms with Crippen LogP contribution in [0.25, 0.3) is 11.0 Å². The lowest BCUT2D eigenvalue weighted by Crippen LogP contribution is -1.96. The van der Waals surface area contributed by atoms with Gasteiger partial charge in [0.2, 0.25) is 5.95 Å². The molecule has 3 N–H and O–H groups in total. The van der Waals surface area contributed by atoms with Crippen molar-refractivity contribution < 1.29 is 0 Å². The normalized spacial score (nSPS) is 10.8. The third-order valence-corrected chi connectivity index (χ3v) is 2.56. The number of nitrogens with zero attached hydrogens (tertiary/aromatic N) is 4. The van der Waals surface area contributed by atoms with Crippen LogP contribution in [0.4, 0.5) is 5.95 Å². The van der Waals surface area contributed by atoms with Gasteiger partial charge in [0.05, 0.1) is 0 Å². The van der Waals surface area contributed by atoms with Crippen LogP contribution in [0.2, 0.25) is 0 Å². The first-order valence-electron chi connectivity index (χ1n) is 5.15. The van der Waals surface area contributed by atoms with E-state index in [1.807, 2.05) is 6.20 Å². The number of H-pyrrole nitrogens is 1. The zero-order valence-electron chi connectivity index (χ0n) is 8.96. The Labute approximate surface area is 97.0 Å². The number of aromatic amines is 1. The highest BCUT2D eigenvalue weighted by molar-refractivity contribution is 5.78. The van der Waals surface area contributed by atoms with Crippen molar-refractivity contribution in [3.63, 3.8) is 0 Å². The molecule has 0 aliphatic rings. The fraction of sp³-hybridized carbons (Fsp3) is 0.0909. The molecule has 0 saturated carbocycles. The molecule has 0 fully saturated rings. The minimum absolute atomic E-state index is 0.288. The standard InChI is InChI=1S/C11H10N6/c12-11-15-2-7(3-16-11)1-8-4-14-10-9(8)5-13-6-17-10/h2-6H,1H2,(H2,12,15,16)(H,13,14,17). The molecule has 0 saturated heterocycles. The van der Waals surface area contributed by atoms with Gasteiger partial charge in [-0.2, -0.15) is 0 Å². The molecule has 0 aliphatic heterocycles. The van der Waals surface area contributed by atoms with Gasteiger partial charge in [-0.3, -0.25) is 0 Å². The molecule has 0 aliphatic carbocycles. The molecule has 84 valence electrons. The van der Waals surface area contributed by atoms with Gasteiger partial charge in [0.1, 0.15) is 12.0 Å². The van der Waals surface area contributed by atoms with Crippen molar-refractivity contribution in [3.8, 4) is 0 Å². The van der Waals surface area contributed by atoms with E-state index in [1.54, 1.807) is 18.6 Å². The Hall–Kier alpha value is -2.50. The number of nitrogens with one attached hydrogen (secondary N) is 1. The van der Waals surface area contributed by atoms with Crippen LogP contribution in [0.1, 0.15) is 11.1 Å². The minimum Gasteiger partial charge on any atom is -0.368 e. The van der Waals surface area contributed by atoms with Gasteiger partial charge in [0, 0.05) is 36.6 Å². The van der Waals surface area contributed by atoms with Crippen molar-refractivity contribution in [2.75, 3.05) is 5.73 Å². The quantitative estimate of drug-likeness (QED) is 0.677. The average molecular weight is 226 g/mol. The lowest BCUT2D eigenvalue weighted by Gasteiger charge is -1.99. The zero-order valence-corrected chi connectivity index (χ0v) is 8.96. The van der Waals surface area contributed by atoms with Gasteiger partial charge in [0.15, 0.2) is 0 Å². The lowest BCUT2D eigenvalue weighted by molar-refractivity contribution is 1.09. The van der Waals surface area contributed by atoms with Crippen LogP contribution in [0.3, 0.4) is 0 Å². The van der Waals surface area contributed by atoms with E-state index in [4.69, 9.17) is 5.73 Å². The molecule has 3 aromatic heterocycles. The van der Waals surface area contributed by atoms with E-state index in [2.05, 4.69) is 24.9 Å². The first kappa shape index (κ1) is 9.71. The summed E-state index contributed by atoms with van der Waals surface area (Å²) in [6, 6.07) is 0. The van der Waals surface area contributed by atoms with E-state index in [0.717, 1.165) is 28.6 Å². The second-order valence-corrected chi connectivity index (χ2v) is 3.73. The summed E-state index contributed by atoms with van der Waals surface area (Å²) in [5.41, 5.74) is 8.40. The summed E-state index contributed by atoms with van der Waals surface area (Å²) in [6.07, 6.45) is 9.43. The number of nitrogens with two attached hydrogens (primary N) is 1. The fourth-order valence-electron chi connectivity index (χ4n) is 1.74. The molecular formula is C11H10N6. The fourth-order valence-corrected chi connectivity index (χ4v) is 1.74. The first-order valence-corrected chi connectivity index (χ1v) is 5.15. The predicted octanol–water partition coefficient (Wildman–Crippen LogP) is 0.921. The second-order valence-electron chi connectivity index (χ2n) is 3.73. The van der Waals surface area contributed by atoms with Crippen molar-refractivity contribution in [1.82, 2.24) is 24.9 Å². The lowest BCUT2D eigenvalue weighted by atomic mass is 10.1. The van der Waals surface area contributed by atoms with E-state index in [-0.39, 0.29) is 5.95 Å². The number of anilines is 1. The third-order valence-electron chi connectivity index (χ3n) is 2.56. The molecule has 6 heteroatoms. The van der Waals surface area contributed by atoms with Crippen molar-refractivity contribution >= 4 is 17.0 Å². The van der Waals surface area contributed by atoms with Crippen molar-refractivity contribution in [3.05, 3.63) is 42.2 Å². The van der Waals surface area contributed by atoms with Gasteiger partial charge in [-0.1, -0.05) is 0 Å². The van der Waals surface area contributed by atoms with E-state index >= 15 is 0 Å². The summed E-state index contributed by atoms with van der Waals surface area (Å²) in [7, 11) is 0. The highest BCUT2D eigenvalue weighted by atomic mass is 15.0. The molecule has 3 heterocycles. The van der Waals surface area contributed by atoms with Crippen LogP contribution in [0.15, 0.2) is 31.1 Å². The Morgan fingerprint density at radius 2 is 1.94 bits per heavy atom. The van der Waals surface area contributed by atoms with E-state index < -0.39 is 0 Å². The van der Waals surface area contributed by atoms with Crippen molar-refractivity contribution in [1.29, 1.82) is 0 Å². The Morgan fingerprint density at radius 3 is 2.76 bits per heavy atom. The van der Waals surface area contributed by atoms with Crippen LogP contribution < -0.4 is 5.73 Å². The summed E-state index contributed by atoms with van der Waals surface area (Å²) in [5, 5.41) is 1.02. The molecule has 0 atom stereocenters. The van der Waals surface area contributed by atoms with Gasteiger partial charge in [-0.15, -0.1) is 0 Å². The second kappa shape index (κ2) is 3.82. The van der Waals surface area contributed by atoms with Crippen LogP contribution in [-0.2, 0) is 6.42 Å². The van der Waals surface area contributed by atoms with Crippen LogP contribution in [0.5, 0.6) is 0 Å². The van der Waals surface area contributed by atoms with Gasteiger partial charge in [-0.05, 0) is 11.1 Å². The summed E-state index contributed by atoms with van der Waals surface area (Å²) < 4.78 is 0. The van der Waals surface area contributed by atoms with Crippen LogP contribution >= 0.6 is 0 Å². The SMILES string of the molecule is Nc1ncc(Cc2c[nH]c3ncncc23)cn1. The topological polar surface area (TPSA) is 93.4 Å². The molecule has 3 aromatic rings. The molecule has 17 heavy (non-hydrogen) atoms. The van der Waals surface area contributed by atoms with E-state index in [0.29, 0.717) is 0 Å². The summed E-state index contributed by atoms with van der Waals surface area (Å²) in [6.45, 7) is 0. The number of aromatic nitrogens is 5. The van der Waals surface area contributed by atoms with Gasteiger partial charge >= 0.3 is 0 Å². The van der Waals surface area contributed by atoms with Gasteiger partial charge < -0.3 is 10.7 Å². The largest absolute Gasteiger partial charge is 0.368 e. The number of rotatable bonds is 2. The molecular weight excluding hydrogens is 216 g/mol. The average Bonchev–Trinajstić information content (AvgIpc) is 2.76. The highest BCUT2D eigenvalue weighted by Crippen LogP contribution is 2.17. The Kier molecular flexibility index (Phi) is 2.18. The Bertz CT molecular complexity index is 642. The number of hydrogen-bond donors (Lipinski definition) is 2. The maximum Gasteiger partial charge on any atom is 0.219 e. The van der Waals surface area contributed by atoms with Crippen LogP contribution in [0, 0.1) is 0 Å². The monoisotopic (exact) mass is 226 g/mol. The molecule has 0 amide bonds. The summed E-state index contributed by atoms with van der Waals surface area (Å²) in [5.74, 6) is 0.288. The van der Waals surface area contributed by atoms with Crippen molar-refractivity contribution in [2.45, 2.75) is 6.42 Å². The van der Waals surface area contributed by atoms with Crippen LogP contribution in [-0.4, -0.2) is 24.9 Å². The number of nitrogen functional groups attached to an aromatic ring is 1. The molecule has 0 bridgehead atoms. The Morgan fingerprint density at radius 1 is 1.12 bits per heavy atom. The predicted molar refractivity (Wildman–Crippen MR) is 63.1 cm³/mol. The molecule has 0 spiro atoms. The van der Waals surface area contributed by atoms with Gasteiger partial charge in [-0.25, -0.2) is 19.9 Å². The first-order chi connectivity index (χ1) is 8.33. The van der Waals surface area contributed by atoms with E-state index in [1.165, 1.54) is 6.33 Å². The molecule has 3 rings (SSSR count). The smallest absolute Gasteiger partial charge is 0.219 e. The number of hydrogen-bond acceptors (Lipinski definition) is 5. The molecule has 0 unspecified atom stereocenters. The number of fused-ring (bicyclic) bond motifs is 1. The van der Waals surface area contributed by atoms with Gasteiger partial charge in [0.25, 0.3) is 0 Å². The third kappa shape index (κ3) is 1.80. The van der Waals surface area contributed by atoms with E-state index in [9.17, 15) is 0 Å². The Balaban J connectivity index is 1.97. The molecule has 0 aromatic carbocycles.